The van der Waals surface area contributed by atoms with Crippen LogP contribution in [-0.4, -0.2) is 5.11 Å². The van der Waals surface area contributed by atoms with Gasteiger partial charge in [-0.2, -0.15) is 0 Å². The highest BCUT2D eigenvalue weighted by Gasteiger charge is 2.10. The largest absolute Gasteiger partial charge is 0.356 e. The van der Waals surface area contributed by atoms with Crippen molar-refractivity contribution in [2.75, 3.05) is 0 Å². The Morgan fingerprint density at radius 1 is 0.708 bits per heavy atom. The summed E-state index contributed by atoms with van der Waals surface area (Å²) in [5.74, 6) is 0. The first-order valence-corrected chi connectivity index (χ1v) is 8.65. The standard InChI is InChI=1S/C21H22N2S/c1-15(17-8-4-3-5-9-17)22-21(24)23-16(2)19-13-12-18-10-6-7-11-20(18)14-19/h3-16H,1-2H3,(H2,22,23,24). The van der Waals surface area contributed by atoms with E-state index >= 15 is 0 Å². The van der Waals surface area contributed by atoms with E-state index in [0.717, 1.165) is 0 Å². The van der Waals surface area contributed by atoms with Crippen molar-refractivity contribution >= 4 is 28.1 Å². The normalized spacial score (nSPS) is 13.2. The second-order valence-electron chi connectivity index (χ2n) is 6.08. The van der Waals surface area contributed by atoms with Gasteiger partial charge in [-0.05, 0) is 54.0 Å². The minimum Gasteiger partial charge on any atom is -0.356 e. The molecule has 3 rings (SSSR count). The van der Waals surface area contributed by atoms with Gasteiger partial charge in [0.1, 0.15) is 0 Å². The lowest BCUT2D eigenvalue weighted by molar-refractivity contribution is 0.656. The van der Waals surface area contributed by atoms with Crippen LogP contribution in [0.25, 0.3) is 10.8 Å². The van der Waals surface area contributed by atoms with Gasteiger partial charge >= 0.3 is 0 Å². The second-order valence-corrected chi connectivity index (χ2v) is 6.49. The molecule has 0 fully saturated rings. The molecule has 2 nitrogen and oxygen atoms in total. The average Bonchev–Trinajstić information content (AvgIpc) is 2.61. The van der Waals surface area contributed by atoms with E-state index in [1.807, 2.05) is 18.2 Å². The first kappa shape index (κ1) is 16.5. The molecule has 3 aromatic carbocycles. The molecule has 3 heteroatoms. The summed E-state index contributed by atoms with van der Waals surface area (Å²) in [5.41, 5.74) is 2.45. The molecule has 3 aromatic rings. The molecule has 2 N–H and O–H groups in total. The highest BCUT2D eigenvalue weighted by atomic mass is 32.1. The van der Waals surface area contributed by atoms with Crippen molar-refractivity contribution in [2.24, 2.45) is 0 Å². The molecule has 0 saturated heterocycles. The summed E-state index contributed by atoms with van der Waals surface area (Å²) < 4.78 is 0. The van der Waals surface area contributed by atoms with Crippen LogP contribution in [-0.2, 0) is 0 Å². The van der Waals surface area contributed by atoms with E-state index in [1.54, 1.807) is 0 Å². The van der Waals surface area contributed by atoms with Crippen molar-refractivity contribution in [3.63, 3.8) is 0 Å². The topological polar surface area (TPSA) is 24.1 Å². The smallest absolute Gasteiger partial charge is 0.167 e. The highest BCUT2D eigenvalue weighted by molar-refractivity contribution is 7.80. The molecule has 0 bridgehead atoms. The predicted molar refractivity (Wildman–Crippen MR) is 106 cm³/mol. The van der Waals surface area contributed by atoms with E-state index in [9.17, 15) is 0 Å². The average molecular weight is 334 g/mol. The molecule has 2 unspecified atom stereocenters. The Labute approximate surface area is 148 Å². The molecule has 0 heterocycles. The van der Waals surface area contributed by atoms with E-state index in [-0.39, 0.29) is 12.1 Å². The van der Waals surface area contributed by atoms with Gasteiger partial charge in [0.25, 0.3) is 0 Å². The van der Waals surface area contributed by atoms with Crippen LogP contribution in [0.1, 0.15) is 37.1 Å². The molecule has 0 aliphatic carbocycles. The van der Waals surface area contributed by atoms with E-state index in [2.05, 4.69) is 79.1 Å². The van der Waals surface area contributed by atoms with Crippen LogP contribution in [0.3, 0.4) is 0 Å². The molecule has 122 valence electrons. The van der Waals surface area contributed by atoms with Crippen molar-refractivity contribution in [3.05, 3.63) is 83.9 Å². The molecule has 0 aliphatic heterocycles. The lowest BCUT2D eigenvalue weighted by Gasteiger charge is -2.21. The van der Waals surface area contributed by atoms with Crippen molar-refractivity contribution in [1.82, 2.24) is 10.6 Å². The van der Waals surface area contributed by atoms with E-state index in [0.29, 0.717) is 5.11 Å². The van der Waals surface area contributed by atoms with Gasteiger partial charge in [-0.3, -0.25) is 0 Å². The zero-order chi connectivity index (χ0) is 16.9. The Morgan fingerprint density at radius 2 is 1.29 bits per heavy atom. The molecule has 24 heavy (non-hydrogen) atoms. The Bertz CT molecular complexity index is 829. The zero-order valence-corrected chi connectivity index (χ0v) is 14.8. The van der Waals surface area contributed by atoms with Gasteiger partial charge in [0.05, 0.1) is 12.1 Å². The minimum absolute atomic E-state index is 0.151. The van der Waals surface area contributed by atoms with Crippen LogP contribution in [0.5, 0.6) is 0 Å². The van der Waals surface area contributed by atoms with Crippen LogP contribution in [0.4, 0.5) is 0 Å². The summed E-state index contributed by atoms with van der Waals surface area (Å²) in [6.45, 7) is 4.25. The van der Waals surface area contributed by atoms with Crippen LogP contribution in [0.15, 0.2) is 72.8 Å². The maximum atomic E-state index is 5.48. The fourth-order valence-electron chi connectivity index (χ4n) is 2.82. The third kappa shape index (κ3) is 3.92. The maximum absolute atomic E-state index is 5.48. The summed E-state index contributed by atoms with van der Waals surface area (Å²) in [6, 6.07) is 25.6. The Kier molecular flexibility index (Phi) is 5.11. The fraction of sp³-hybridized carbons (Fsp3) is 0.190. The molecule has 0 radical (unpaired) electrons. The van der Waals surface area contributed by atoms with Gasteiger partial charge in [-0.1, -0.05) is 66.7 Å². The fourth-order valence-corrected chi connectivity index (χ4v) is 3.17. The van der Waals surface area contributed by atoms with Crippen molar-refractivity contribution in [1.29, 1.82) is 0 Å². The Balaban J connectivity index is 1.64. The van der Waals surface area contributed by atoms with Crippen LogP contribution in [0.2, 0.25) is 0 Å². The number of hydrogen-bond donors (Lipinski definition) is 2. The highest BCUT2D eigenvalue weighted by Crippen LogP contribution is 2.20. The monoisotopic (exact) mass is 334 g/mol. The summed E-state index contributed by atoms with van der Waals surface area (Å²) in [6.07, 6.45) is 0. The van der Waals surface area contributed by atoms with Crippen molar-refractivity contribution < 1.29 is 0 Å². The first-order chi connectivity index (χ1) is 11.6. The number of rotatable bonds is 4. The summed E-state index contributed by atoms with van der Waals surface area (Å²) in [7, 11) is 0. The predicted octanol–water partition coefficient (Wildman–Crippen LogP) is 5.13. The molecule has 0 amide bonds. The van der Waals surface area contributed by atoms with Crippen LogP contribution < -0.4 is 10.6 Å². The Morgan fingerprint density at radius 3 is 2.00 bits per heavy atom. The van der Waals surface area contributed by atoms with Gasteiger partial charge < -0.3 is 10.6 Å². The van der Waals surface area contributed by atoms with Gasteiger partial charge in [0, 0.05) is 0 Å². The number of thiocarbonyl (C=S) groups is 1. The quantitative estimate of drug-likeness (QED) is 0.647. The molecule has 0 saturated carbocycles. The lowest BCUT2D eigenvalue weighted by Crippen LogP contribution is -2.38. The molecular formula is C21H22N2S. The second kappa shape index (κ2) is 7.45. The van der Waals surface area contributed by atoms with Crippen molar-refractivity contribution in [3.8, 4) is 0 Å². The van der Waals surface area contributed by atoms with E-state index < -0.39 is 0 Å². The molecule has 2 atom stereocenters. The number of fused-ring (bicyclic) bond motifs is 1. The first-order valence-electron chi connectivity index (χ1n) is 8.24. The molecule has 0 aromatic heterocycles. The lowest BCUT2D eigenvalue weighted by atomic mass is 10.0. The van der Waals surface area contributed by atoms with Gasteiger partial charge in [-0.15, -0.1) is 0 Å². The van der Waals surface area contributed by atoms with E-state index in [1.165, 1.54) is 21.9 Å². The SMILES string of the molecule is CC(NC(=S)NC(C)c1ccc2ccccc2c1)c1ccccc1. The zero-order valence-electron chi connectivity index (χ0n) is 14.0. The number of nitrogens with one attached hydrogen (secondary N) is 2. The third-order valence-corrected chi connectivity index (χ3v) is 4.50. The minimum atomic E-state index is 0.151. The molecule has 0 spiro atoms. The van der Waals surface area contributed by atoms with E-state index in [4.69, 9.17) is 12.2 Å². The summed E-state index contributed by atoms with van der Waals surface area (Å²) in [5, 5.41) is 9.92. The van der Waals surface area contributed by atoms with Gasteiger partial charge in [0.2, 0.25) is 0 Å². The summed E-state index contributed by atoms with van der Waals surface area (Å²) >= 11 is 5.48. The van der Waals surface area contributed by atoms with Gasteiger partial charge in [0.15, 0.2) is 5.11 Å². The van der Waals surface area contributed by atoms with Gasteiger partial charge in [-0.25, -0.2) is 0 Å². The van der Waals surface area contributed by atoms with Crippen LogP contribution in [0, 0.1) is 0 Å². The molecule has 0 aliphatic rings. The third-order valence-electron chi connectivity index (χ3n) is 4.27. The van der Waals surface area contributed by atoms with Crippen LogP contribution >= 0.6 is 12.2 Å². The number of hydrogen-bond acceptors (Lipinski definition) is 1. The van der Waals surface area contributed by atoms with Crippen molar-refractivity contribution in [2.45, 2.75) is 25.9 Å². The summed E-state index contributed by atoms with van der Waals surface area (Å²) in [4.78, 5) is 0. The molecular weight excluding hydrogens is 312 g/mol. The maximum Gasteiger partial charge on any atom is 0.167 e. The number of benzene rings is 3. The Hall–Kier alpha value is -2.39.